The first-order chi connectivity index (χ1) is 34.2. The zero-order valence-electron chi connectivity index (χ0n) is 37.8. The van der Waals surface area contributed by atoms with Gasteiger partial charge in [-0.15, -0.1) is 0 Å². The molecule has 0 amide bonds. The maximum Gasteiger partial charge on any atom is 0.160 e. The molecule has 2 nitrogen and oxygen atoms in total. The summed E-state index contributed by atoms with van der Waals surface area (Å²) in [4.78, 5) is 10.5. The van der Waals surface area contributed by atoms with Crippen molar-refractivity contribution in [2.45, 2.75) is 5.41 Å². The summed E-state index contributed by atoms with van der Waals surface area (Å²) in [6.07, 6.45) is 0. The minimum Gasteiger partial charge on any atom is -0.228 e. The van der Waals surface area contributed by atoms with Gasteiger partial charge in [0.1, 0.15) is 0 Å². The number of rotatable bonds is 8. The lowest BCUT2D eigenvalue weighted by Gasteiger charge is -2.34. The summed E-state index contributed by atoms with van der Waals surface area (Å²) in [7, 11) is 0. The average molecular weight is 877 g/mol. The van der Waals surface area contributed by atoms with E-state index in [4.69, 9.17) is 9.97 Å². The van der Waals surface area contributed by atoms with Gasteiger partial charge in [-0.05, 0) is 125 Å². The smallest absolute Gasteiger partial charge is 0.160 e. The van der Waals surface area contributed by atoms with Gasteiger partial charge in [0.2, 0.25) is 0 Å². The molecule has 69 heavy (non-hydrogen) atoms. The molecule has 13 rings (SSSR count). The van der Waals surface area contributed by atoms with E-state index < -0.39 is 5.41 Å². The molecule has 1 aliphatic carbocycles. The first-order valence-electron chi connectivity index (χ1n) is 23.7. The fraction of sp³-hybridized carbons (Fsp3) is 0.0149. The molecular weight excluding hydrogens is 833 g/mol. The molecule has 2 heteroatoms. The van der Waals surface area contributed by atoms with Crippen LogP contribution in [0.15, 0.2) is 267 Å². The topological polar surface area (TPSA) is 25.8 Å². The Morgan fingerprint density at radius 2 is 0.754 bits per heavy atom. The van der Waals surface area contributed by atoms with Crippen LogP contribution in [0, 0.1) is 0 Å². The van der Waals surface area contributed by atoms with Gasteiger partial charge in [0.15, 0.2) is 5.82 Å². The van der Waals surface area contributed by atoms with Crippen LogP contribution < -0.4 is 0 Å². The van der Waals surface area contributed by atoms with Gasteiger partial charge in [-0.2, -0.15) is 0 Å². The number of benzene rings is 11. The summed E-state index contributed by atoms with van der Waals surface area (Å²) >= 11 is 0. The van der Waals surface area contributed by atoms with Crippen molar-refractivity contribution in [2.24, 2.45) is 0 Å². The van der Waals surface area contributed by atoms with Crippen LogP contribution in [0.1, 0.15) is 22.3 Å². The molecule has 0 N–H and O–H groups in total. The lowest BCUT2D eigenvalue weighted by Crippen LogP contribution is -2.28. The van der Waals surface area contributed by atoms with Crippen molar-refractivity contribution < 1.29 is 0 Å². The van der Waals surface area contributed by atoms with Crippen molar-refractivity contribution >= 4 is 21.5 Å². The Morgan fingerprint density at radius 3 is 1.48 bits per heavy atom. The molecule has 0 atom stereocenters. The minimum atomic E-state index is -0.494. The molecule has 1 aromatic heterocycles. The maximum absolute atomic E-state index is 5.31. The van der Waals surface area contributed by atoms with Crippen molar-refractivity contribution in [1.82, 2.24) is 9.97 Å². The van der Waals surface area contributed by atoms with E-state index in [-0.39, 0.29) is 0 Å². The van der Waals surface area contributed by atoms with Crippen molar-refractivity contribution in [3.63, 3.8) is 0 Å². The monoisotopic (exact) mass is 876 g/mol. The Balaban J connectivity index is 0.998. The summed E-state index contributed by atoms with van der Waals surface area (Å²) in [6.45, 7) is 0. The molecular formula is C67H44N2. The van der Waals surface area contributed by atoms with Crippen molar-refractivity contribution in [3.05, 3.63) is 289 Å². The van der Waals surface area contributed by atoms with Crippen LogP contribution in [0.25, 0.3) is 100.0 Å². The van der Waals surface area contributed by atoms with Gasteiger partial charge in [-0.1, -0.05) is 231 Å². The molecule has 0 bridgehead atoms. The first-order valence-corrected chi connectivity index (χ1v) is 23.7. The SMILES string of the molecule is c1ccc(-c2cc(-c3ccc4c(c3)C(c3ccccc3)(c3ccccc3)c3ccccc3-4)cc(-c3ccc(-c4cc(-c5ccc6ccccc6c5)nc(-c5ccccc5)n4)c4ccccc34)c2)cc1. The van der Waals surface area contributed by atoms with Gasteiger partial charge >= 0.3 is 0 Å². The largest absolute Gasteiger partial charge is 0.228 e. The second-order valence-electron chi connectivity index (χ2n) is 18.0. The highest BCUT2D eigenvalue weighted by Gasteiger charge is 2.46. The third-order valence-corrected chi connectivity index (χ3v) is 14.1. The Kier molecular flexibility index (Phi) is 9.77. The molecule has 12 aromatic rings. The number of nitrogens with zero attached hydrogens (tertiary/aromatic N) is 2. The van der Waals surface area contributed by atoms with E-state index >= 15 is 0 Å². The molecule has 0 radical (unpaired) electrons. The summed E-state index contributed by atoms with van der Waals surface area (Å²) in [5.41, 5.74) is 19.0. The minimum absolute atomic E-state index is 0.494. The van der Waals surface area contributed by atoms with Crippen molar-refractivity contribution in [1.29, 1.82) is 0 Å². The van der Waals surface area contributed by atoms with E-state index in [1.54, 1.807) is 0 Å². The molecule has 0 saturated carbocycles. The molecule has 0 spiro atoms. The highest BCUT2D eigenvalue weighted by Crippen LogP contribution is 2.57. The standard InChI is InChI=1S/C67H44N2/c1-5-19-45(20-6-1)51-40-52(49-35-36-60-59-31-17-18-32-62(59)67(63(60)43-49,54-25-9-3-10-26-54)55-27-11-4-12-28-55)42-53(41-51)56-37-38-61(58-30-16-15-29-57(56)58)65-44-64(68-66(69-65)47-22-7-2-8-23-47)50-34-33-46-21-13-14-24-48(46)39-50/h1-44H. The van der Waals surface area contributed by atoms with Gasteiger partial charge in [0, 0.05) is 16.7 Å². The average Bonchev–Trinajstić information content (AvgIpc) is 3.73. The van der Waals surface area contributed by atoms with Crippen LogP contribution in [0.2, 0.25) is 0 Å². The molecule has 0 aliphatic heterocycles. The third kappa shape index (κ3) is 6.88. The van der Waals surface area contributed by atoms with Crippen LogP contribution in [-0.2, 0) is 5.41 Å². The Bertz CT molecular complexity index is 3840. The number of aromatic nitrogens is 2. The quantitative estimate of drug-likeness (QED) is 0.152. The fourth-order valence-electron chi connectivity index (χ4n) is 10.9. The predicted molar refractivity (Wildman–Crippen MR) is 287 cm³/mol. The van der Waals surface area contributed by atoms with Gasteiger partial charge in [-0.25, -0.2) is 9.97 Å². The molecule has 11 aromatic carbocycles. The van der Waals surface area contributed by atoms with Crippen molar-refractivity contribution in [3.8, 4) is 78.4 Å². The van der Waals surface area contributed by atoms with Crippen molar-refractivity contribution in [2.75, 3.05) is 0 Å². The van der Waals surface area contributed by atoms with E-state index in [1.807, 2.05) is 18.2 Å². The maximum atomic E-state index is 5.31. The Morgan fingerprint density at radius 1 is 0.246 bits per heavy atom. The van der Waals surface area contributed by atoms with E-state index in [0.717, 1.165) is 55.5 Å². The number of fused-ring (bicyclic) bond motifs is 5. The lowest BCUT2D eigenvalue weighted by molar-refractivity contribution is 0.769. The number of hydrogen-bond donors (Lipinski definition) is 0. The van der Waals surface area contributed by atoms with Crippen LogP contribution in [0.4, 0.5) is 0 Å². The Labute approximate surface area is 402 Å². The van der Waals surface area contributed by atoms with Gasteiger partial charge < -0.3 is 0 Å². The predicted octanol–water partition coefficient (Wildman–Crippen LogP) is 17.1. The zero-order chi connectivity index (χ0) is 45.7. The summed E-state index contributed by atoms with van der Waals surface area (Å²) in [5, 5.41) is 4.68. The third-order valence-electron chi connectivity index (χ3n) is 14.1. The lowest BCUT2D eigenvalue weighted by atomic mass is 9.67. The molecule has 1 aliphatic rings. The summed E-state index contributed by atoms with van der Waals surface area (Å²) < 4.78 is 0. The van der Waals surface area contributed by atoms with Crippen LogP contribution in [0.3, 0.4) is 0 Å². The second-order valence-corrected chi connectivity index (χ2v) is 18.0. The van der Waals surface area contributed by atoms with Gasteiger partial charge in [0.05, 0.1) is 16.8 Å². The highest BCUT2D eigenvalue weighted by atomic mass is 14.9. The molecule has 1 heterocycles. The normalized spacial score (nSPS) is 12.5. The summed E-state index contributed by atoms with van der Waals surface area (Å²) in [6, 6.07) is 97.0. The van der Waals surface area contributed by atoms with E-state index in [2.05, 4.69) is 249 Å². The number of hydrogen-bond acceptors (Lipinski definition) is 2. The second kappa shape index (κ2) is 16.7. The molecule has 0 unspecified atom stereocenters. The molecule has 322 valence electrons. The molecule has 0 fully saturated rings. The Hall–Kier alpha value is -8.98. The van der Waals surface area contributed by atoms with Gasteiger partial charge in [-0.3, -0.25) is 0 Å². The van der Waals surface area contributed by atoms with E-state index in [9.17, 15) is 0 Å². The molecule has 0 saturated heterocycles. The summed E-state index contributed by atoms with van der Waals surface area (Å²) in [5.74, 6) is 0.700. The van der Waals surface area contributed by atoms with Gasteiger partial charge in [0.25, 0.3) is 0 Å². The fourth-order valence-corrected chi connectivity index (χ4v) is 10.9. The highest BCUT2D eigenvalue weighted by molar-refractivity contribution is 6.06. The first kappa shape index (κ1) is 40.3. The van der Waals surface area contributed by atoms with E-state index in [1.165, 1.54) is 60.8 Å². The van der Waals surface area contributed by atoms with Crippen LogP contribution in [-0.4, -0.2) is 9.97 Å². The van der Waals surface area contributed by atoms with Crippen LogP contribution in [0.5, 0.6) is 0 Å². The zero-order valence-corrected chi connectivity index (χ0v) is 37.8. The van der Waals surface area contributed by atoms with E-state index in [0.29, 0.717) is 5.82 Å². The van der Waals surface area contributed by atoms with Crippen LogP contribution >= 0.6 is 0 Å².